The van der Waals surface area contributed by atoms with Crippen molar-refractivity contribution in [3.63, 3.8) is 0 Å². The smallest absolute Gasteiger partial charge is 0.306 e. The lowest BCUT2D eigenvalue weighted by molar-refractivity contribution is -0.167. The van der Waals surface area contributed by atoms with Gasteiger partial charge in [0.2, 0.25) is 0 Å². The maximum atomic E-state index is 12.8. The zero-order valence-corrected chi connectivity index (χ0v) is 46.3. The van der Waals surface area contributed by atoms with Crippen LogP contribution in [0.5, 0.6) is 0 Å². The molecule has 0 saturated carbocycles. The van der Waals surface area contributed by atoms with Crippen molar-refractivity contribution in [2.75, 3.05) is 13.2 Å². The van der Waals surface area contributed by atoms with Crippen molar-refractivity contribution in [2.24, 2.45) is 0 Å². The highest BCUT2D eigenvalue weighted by molar-refractivity contribution is 5.71. The van der Waals surface area contributed by atoms with E-state index >= 15 is 0 Å². The lowest BCUT2D eigenvalue weighted by Gasteiger charge is -2.18. The topological polar surface area (TPSA) is 78.9 Å². The van der Waals surface area contributed by atoms with E-state index < -0.39 is 6.10 Å². The Morgan fingerprint density at radius 2 is 0.557 bits per heavy atom. The van der Waals surface area contributed by atoms with Gasteiger partial charge in [0.1, 0.15) is 13.2 Å². The Bertz CT molecular complexity index is 1310. The van der Waals surface area contributed by atoms with E-state index in [1.807, 2.05) is 0 Å². The molecule has 0 aliphatic rings. The molecule has 404 valence electrons. The van der Waals surface area contributed by atoms with Gasteiger partial charge in [-0.1, -0.05) is 261 Å². The van der Waals surface area contributed by atoms with Crippen molar-refractivity contribution < 1.29 is 28.6 Å². The van der Waals surface area contributed by atoms with Crippen LogP contribution in [-0.2, 0) is 28.6 Å². The Morgan fingerprint density at radius 3 is 0.886 bits per heavy atom. The fraction of sp³-hybridized carbons (Fsp3) is 0.766. The van der Waals surface area contributed by atoms with Crippen LogP contribution in [0.25, 0.3) is 0 Å². The molecule has 0 rings (SSSR count). The third kappa shape index (κ3) is 55.8. The van der Waals surface area contributed by atoms with Gasteiger partial charge >= 0.3 is 17.9 Å². The summed E-state index contributed by atoms with van der Waals surface area (Å²) in [4.78, 5) is 38.1. The molecule has 70 heavy (non-hydrogen) atoms. The minimum absolute atomic E-state index is 0.0852. The Morgan fingerprint density at radius 1 is 0.300 bits per heavy atom. The number of unbranched alkanes of at least 4 members (excludes halogenated alkanes) is 31. The molecular weight excluding hydrogens is 865 g/mol. The maximum Gasteiger partial charge on any atom is 0.306 e. The van der Waals surface area contributed by atoms with E-state index in [1.165, 1.54) is 161 Å². The van der Waals surface area contributed by atoms with Gasteiger partial charge in [-0.05, 0) is 89.9 Å². The first kappa shape index (κ1) is 66.9. The molecule has 1 atom stereocenters. The van der Waals surface area contributed by atoms with Crippen molar-refractivity contribution in [2.45, 2.75) is 303 Å². The van der Waals surface area contributed by atoms with Crippen LogP contribution in [0.4, 0.5) is 0 Å². The van der Waals surface area contributed by atoms with Crippen LogP contribution in [0, 0.1) is 0 Å². The third-order valence-electron chi connectivity index (χ3n) is 12.9. The molecule has 0 heterocycles. The number of esters is 3. The van der Waals surface area contributed by atoms with E-state index in [4.69, 9.17) is 14.2 Å². The van der Waals surface area contributed by atoms with E-state index in [0.29, 0.717) is 19.3 Å². The zero-order valence-electron chi connectivity index (χ0n) is 46.3. The lowest BCUT2D eigenvalue weighted by Crippen LogP contribution is -2.30. The van der Waals surface area contributed by atoms with Gasteiger partial charge in [0.25, 0.3) is 0 Å². The number of carbonyl (C=O) groups is 3. The summed E-state index contributed by atoms with van der Waals surface area (Å²) in [5.41, 5.74) is 0. The summed E-state index contributed by atoms with van der Waals surface area (Å²) in [5, 5.41) is 0. The summed E-state index contributed by atoms with van der Waals surface area (Å²) in [5.74, 6) is -0.908. The van der Waals surface area contributed by atoms with E-state index in [9.17, 15) is 14.4 Å². The summed E-state index contributed by atoms with van der Waals surface area (Å²) in [6.07, 6.45) is 74.8. The zero-order chi connectivity index (χ0) is 50.7. The maximum absolute atomic E-state index is 12.8. The van der Waals surface area contributed by atoms with Crippen molar-refractivity contribution >= 4 is 17.9 Å². The summed E-state index contributed by atoms with van der Waals surface area (Å²) in [6.45, 7) is 6.50. The third-order valence-corrected chi connectivity index (χ3v) is 12.9. The fourth-order valence-corrected chi connectivity index (χ4v) is 8.47. The van der Waals surface area contributed by atoms with Gasteiger partial charge in [-0.2, -0.15) is 0 Å². The van der Waals surface area contributed by atoms with Gasteiger partial charge in [0, 0.05) is 19.3 Å². The summed E-state index contributed by atoms with van der Waals surface area (Å²) in [7, 11) is 0. The van der Waals surface area contributed by atoms with Crippen molar-refractivity contribution in [3.05, 3.63) is 72.9 Å². The van der Waals surface area contributed by atoms with Crippen molar-refractivity contribution in [1.82, 2.24) is 0 Å². The van der Waals surface area contributed by atoms with E-state index in [1.54, 1.807) is 0 Å². The van der Waals surface area contributed by atoms with E-state index in [-0.39, 0.29) is 31.1 Å². The molecule has 0 spiro atoms. The molecule has 6 nitrogen and oxygen atoms in total. The second-order valence-electron chi connectivity index (χ2n) is 19.9. The van der Waals surface area contributed by atoms with Crippen LogP contribution in [0.1, 0.15) is 297 Å². The Hall–Kier alpha value is -3.15. The standard InChI is InChI=1S/C64H112O6/c1-4-7-10-13-16-19-22-25-26-27-28-29-30-31-32-33-34-35-36-37-38-40-42-45-48-51-54-57-63(66)69-60-61(59-68-62(65)56-53-50-47-44-41-24-21-18-15-12-9-6-3)70-64(67)58-55-52-49-46-43-39-23-20-17-14-11-8-5-2/h8,11,17,20,22,25,27-28,30-31,39,43,61H,4-7,9-10,12-16,18-19,21,23-24,26,29,32-38,40-42,44-60H2,1-3H3/b11-8-,20-17-,25-22-,28-27-,31-30-,43-39-. The molecule has 0 radical (unpaired) electrons. The monoisotopic (exact) mass is 977 g/mol. The van der Waals surface area contributed by atoms with E-state index in [2.05, 4.69) is 93.7 Å². The number of allylic oxidation sites excluding steroid dienone is 12. The van der Waals surface area contributed by atoms with Crippen LogP contribution in [-0.4, -0.2) is 37.2 Å². The predicted molar refractivity (Wildman–Crippen MR) is 302 cm³/mol. The molecule has 0 aromatic rings. The fourth-order valence-electron chi connectivity index (χ4n) is 8.47. The highest BCUT2D eigenvalue weighted by Crippen LogP contribution is 2.16. The van der Waals surface area contributed by atoms with Gasteiger partial charge in [0.05, 0.1) is 0 Å². The van der Waals surface area contributed by atoms with Gasteiger partial charge in [-0.15, -0.1) is 0 Å². The average Bonchev–Trinajstić information content (AvgIpc) is 3.36. The minimum atomic E-state index is -0.789. The predicted octanol–water partition coefficient (Wildman–Crippen LogP) is 20.2. The van der Waals surface area contributed by atoms with Gasteiger partial charge in [0.15, 0.2) is 6.10 Å². The normalized spacial score (nSPS) is 12.6. The van der Waals surface area contributed by atoms with Crippen molar-refractivity contribution in [3.8, 4) is 0 Å². The number of hydrogen-bond acceptors (Lipinski definition) is 6. The first-order chi connectivity index (χ1) is 34.5. The average molecular weight is 978 g/mol. The molecule has 0 fully saturated rings. The van der Waals surface area contributed by atoms with Gasteiger partial charge in [-0.3, -0.25) is 14.4 Å². The molecule has 0 amide bonds. The molecular formula is C64H112O6. The summed E-state index contributed by atoms with van der Waals surface area (Å²) < 4.78 is 16.8. The van der Waals surface area contributed by atoms with Crippen LogP contribution in [0.3, 0.4) is 0 Å². The molecule has 1 unspecified atom stereocenters. The van der Waals surface area contributed by atoms with Crippen LogP contribution in [0.2, 0.25) is 0 Å². The lowest BCUT2D eigenvalue weighted by atomic mass is 10.0. The van der Waals surface area contributed by atoms with Crippen molar-refractivity contribution in [1.29, 1.82) is 0 Å². The SMILES string of the molecule is CC/C=C\C/C=C\C/C=C\CCCCCC(=O)OC(COC(=O)CCCCCCCCCCCCCC)COC(=O)CCCCCCCCCCCCCC/C=C\C/C=C\C/C=C\CCCCCCC. The molecule has 0 aromatic heterocycles. The first-order valence-electron chi connectivity index (χ1n) is 29.9. The highest BCUT2D eigenvalue weighted by Gasteiger charge is 2.19. The van der Waals surface area contributed by atoms with E-state index in [0.717, 1.165) is 96.3 Å². The van der Waals surface area contributed by atoms with Crippen LogP contribution < -0.4 is 0 Å². The minimum Gasteiger partial charge on any atom is -0.462 e. The number of ether oxygens (including phenoxy) is 3. The molecule has 0 aromatic carbocycles. The Labute approximate surface area is 433 Å². The Kier molecular flexibility index (Phi) is 55.8. The first-order valence-corrected chi connectivity index (χ1v) is 29.9. The largest absolute Gasteiger partial charge is 0.462 e. The highest BCUT2D eigenvalue weighted by atomic mass is 16.6. The number of carbonyl (C=O) groups excluding carboxylic acids is 3. The Balaban J connectivity index is 4.23. The number of hydrogen-bond donors (Lipinski definition) is 0. The molecule has 0 aliphatic carbocycles. The second-order valence-corrected chi connectivity index (χ2v) is 19.9. The molecule has 0 bridgehead atoms. The quantitative estimate of drug-likeness (QED) is 0.0261. The van der Waals surface area contributed by atoms with Crippen LogP contribution >= 0.6 is 0 Å². The second kappa shape index (κ2) is 58.4. The summed E-state index contributed by atoms with van der Waals surface area (Å²) >= 11 is 0. The molecule has 0 saturated heterocycles. The molecule has 0 aliphatic heterocycles. The van der Waals surface area contributed by atoms with Gasteiger partial charge in [-0.25, -0.2) is 0 Å². The molecule has 6 heteroatoms. The van der Waals surface area contributed by atoms with Gasteiger partial charge < -0.3 is 14.2 Å². The summed E-state index contributed by atoms with van der Waals surface area (Å²) in [6, 6.07) is 0. The molecule has 0 N–H and O–H groups in total. The van der Waals surface area contributed by atoms with Crippen LogP contribution in [0.15, 0.2) is 72.9 Å². The number of rotatable bonds is 54.